The lowest BCUT2D eigenvalue weighted by Crippen LogP contribution is -2.39. The molecular weight excluding hydrogens is 252 g/mol. The van der Waals surface area contributed by atoms with E-state index in [9.17, 15) is 4.79 Å². The van der Waals surface area contributed by atoms with Gasteiger partial charge < -0.3 is 9.32 Å². The second-order valence-electron chi connectivity index (χ2n) is 5.62. The van der Waals surface area contributed by atoms with Crippen LogP contribution in [0.25, 0.3) is 11.3 Å². The number of aromatic nitrogens is 1. The number of oxazole rings is 1. The zero-order valence-electron chi connectivity index (χ0n) is 12.6. The van der Waals surface area contributed by atoms with E-state index in [0.29, 0.717) is 5.89 Å². The lowest BCUT2D eigenvalue weighted by molar-refractivity contribution is -0.134. The molecule has 2 rings (SSSR count). The topological polar surface area (TPSA) is 46.3 Å². The van der Waals surface area contributed by atoms with Crippen LogP contribution in [0.5, 0.6) is 0 Å². The van der Waals surface area contributed by atoms with Gasteiger partial charge in [0.25, 0.3) is 0 Å². The minimum atomic E-state index is -0.776. The largest absolute Gasteiger partial charge is 0.439 e. The number of carbonyl (C=O) groups is 1. The Labute approximate surface area is 119 Å². The van der Waals surface area contributed by atoms with Crippen molar-refractivity contribution in [2.45, 2.75) is 26.2 Å². The summed E-state index contributed by atoms with van der Waals surface area (Å²) >= 11 is 0. The van der Waals surface area contributed by atoms with E-state index in [1.54, 1.807) is 19.0 Å². The van der Waals surface area contributed by atoms with Crippen molar-refractivity contribution in [1.82, 2.24) is 9.88 Å². The summed E-state index contributed by atoms with van der Waals surface area (Å²) in [6.07, 6.45) is 0. The van der Waals surface area contributed by atoms with Crippen molar-refractivity contribution in [3.05, 3.63) is 41.9 Å². The number of amides is 1. The number of hydrogen-bond acceptors (Lipinski definition) is 3. The highest BCUT2D eigenvalue weighted by atomic mass is 16.4. The molecule has 0 aliphatic carbocycles. The zero-order chi connectivity index (χ0) is 14.9. The summed E-state index contributed by atoms with van der Waals surface area (Å²) in [5.74, 6) is 1.14. The molecule has 2 aromatic rings. The van der Waals surface area contributed by atoms with Crippen LogP contribution in [0.15, 0.2) is 34.7 Å². The van der Waals surface area contributed by atoms with Crippen LogP contribution in [0.3, 0.4) is 0 Å². The van der Waals surface area contributed by atoms with Crippen molar-refractivity contribution in [1.29, 1.82) is 0 Å². The number of likely N-dealkylation sites (N-methyl/N-ethyl adjacent to an activating group) is 1. The van der Waals surface area contributed by atoms with Gasteiger partial charge >= 0.3 is 0 Å². The standard InChI is InChI=1S/C16H20N2O2/c1-11-13(12-9-7-6-8-10-12)20-14(17-11)16(2,3)15(19)18(4)5/h6-10H,1-5H3. The second-order valence-corrected chi connectivity index (χ2v) is 5.62. The van der Waals surface area contributed by atoms with E-state index >= 15 is 0 Å². The molecule has 0 fully saturated rings. The summed E-state index contributed by atoms with van der Waals surface area (Å²) in [5, 5.41) is 0. The Balaban J connectivity index is 2.44. The fraction of sp³-hybridized carbons (Fsp3) is 0.375. The van der Waals surface area contributed by atoms with E-state index in [-0.39, 0.29) is 5.91 Å². The van der Waals surface area contributed by atoms with Gasteiger partial charge in [0.2, 0.25) is 11.8 Å². The second kappa shape index (κ2) is 5.12. The molecule has 0 radical (unpaired) electrons. The molecule has 0 aliphatic rings. The van der Waals surface area contributed by atoms with E-state index in [2.05, 4.69) is 4.98 Å². The Hall–Kier alpha value is -2.10. The fourth-order valence-corrected chi connectivity index (χ4v) is 2.17. The van der Waals surface area contributed by atoms with Crippen LogP contribution in [0.2, 0.25) is 0 Å². The van der Waals surface area contributed by atoms with Gasteiger partial charge in [-0.05, 0) is 20.8 Å². The predicted molar refractivity (Wildman–Crippen MR) is 78.4 cm³/mol. The quantitative estimate of drug-likeness (QED) is 0.862. The number of rotatable bonds is 3. The summed E-state index contributed by atoms with van der Waals surface area (Å²) in [6, 6.07) is 9.80. The van der Waals surface area contributed by atoms with Gasteiger partial charge in [-0.2, -0.15) is 0 Å². The van der Waals surface area contributed by atoms with Gasteiger partial charge in [-0.1, -0.05) is 30.3 Å². The average Bonchev–Trinajstić information content (AvgIpc) is 2.81. The summed E-state index contributed by atoms with van der Waals surface area (Å²) in [7, 11) is 3.47. The number of nitrogens with zero attached hydrogens (tertiary/aromatic N) is 2. The molecule has 20 heavy (non-hydrogen) atoms. The van der Waals surface area contributed by atoms with Crippen LogP contribution in [0.4, 0.5) is 0 Å². The molecule has 0 spiro atoms. The average molecular weight is 272 g/mol. The fourth-order valence-electron chi connectivity index (χ4n) is 2.17. The molecule has 106 valence electrons. The van der Waals surface area contributed by atoms with Gasteiger partial charge in [0.1, 0.15) is 5.41 Å². The Morgan fingerprint density at radius 2 is 1.80 bits per heavy atom. The predicted octanol–water partition coefficient (Wildman–Crippen LogP) is 3.02. The molecule has 0 unspecified atom stereocenters. The van der Waals surface area contributed by atoms with Crippen molar-refractivity contribution in [2.24, 2.45) is 0 Å². The van der Waals surface area contributed by atoms with Crippen LogP contribution in [0, 0.1) is 6.92 Å². The minimum absolute atomic E-state index is 0.0293. The van der Waals surface area contributed by atoms with E-state index in [0.717, 1.165) is 17.0 Å². The number of hydrogen-bond donors (Lipinski definition) is 0. The van der Waals surface area contributed by atoms with Crippen molar-refractivity contribution in [2.75, 3.05) is 14.1 Å². The maximum atomic E-state index is 12.2. The number of carbonyl (C=O) groups excluding carboxylic acids is 1. The molecular formula is C16H20N2O2. The Morgan fingerprint density at radius 1 is 1.20 bits per heavy atom. The van der Waals surface area contributed by atoms with Gasteiger partial charge in [-0.15, -0.1) is 0 Å². The van der Waals surface area contributed by atoms with Crippen molar-refractivity contribution < 1.29 is 9.21 Å². The molecule has 4 nitrogen and oxygen atoms in total. The third kappa shape index (κ3) is 2.46. The van der Waals surface area contributed by atoms with E-state index < -0.39 is 5.41 Å². The molecule has 0 aliphatic heterocycles. The van der Waals surface area contributed by atoms with E-state index in [1.807, 2.05) is 51.1 Å². The van der Waals surface area contributed by atoms with Crippen LogP contribution in [-0.4, -0.2) is 29.9 Å². The van der Waals surface area contributed by atoms with E-state index in [4.69, 9.17) is 4.42 Å². The van der Waals surface area contributed by atoms with Gasteiger partial charge in [-0.3, -0.25) is 4.79 Å². The molecule has 4 heteroatoms. The van der Waals surface area contributed by atoms with Crippen molar-refractivity contribution >= 4 is 5.91 Å². The first-order chi connectivity index (χ1) is 9.34. The lowest BCUT2D eigenvalue weighted by Gasteiger charge is -2.23. The molecule has 1 aromatic carbocycles. The summed E-state index contributed by atoms with van der Waals surface area (Å²) in [5.41, 5.74) is 0.990. The maximum absolute atomic E-state index is 12.2. The normalized spacial score (nSPS) is 11.4. The third-order valence-corrected chi connectivity index (χ3v) is 3.31. The first kappa shape index (κ1) is 14.3. The molecule has 0 atom stereocenters. The summed E-state index contributed by atoms with van der Waals surface area (Å²) in [4.78, 5) is 18.3. The maximum Gasteiger partial charge on any atom is 0.237 e. The molecule has 0 N–H and O–H groups in total. The third-order valence-electron chi connectivity index (χ3n) is 3.31. The molecule has 0 saturated carbocycles. The highest BCUT2D eigenvalue weighted by molar-refractivity contribution is 5.86. The molecule has 0 saturated heterocycles. The number of aryl methyl sites for hydroxylation is 1. The SMILES string of the molecule is Cc1nc(C(C)(C)C(=O)N(C)C)oc1-c1ccccc1. The molecule has 1 heterocycles. The minimum Gasteiger partial charge on any atom is -0.439 e. The first-order valence-electron chi connectivity index (χ1n) is 6.59. The Bertz CT molecular complexity index is 613. The highest BCUT2D eigenvalue weighted by Crippen LogP contribution is 2.31. The van der Waals surface area contributed by atoms with Crippen LogP contribution >= 0.6 is 0 Å². The van der Waals surface area contributed by atoms with Gasteiger partial charge in [-0.25, -0.2) is 4.98 Å². The molecule has 1 amide bonds. The van der Waals surface area contributed by atoms with Gasteiger partial charge in [0.05, 0.1) is 5.69 Å². The van der Waals surface area contributed by atoms with Crippen molar-refractivity contribution in [3.63, 3.8) is 0 Å². The van der Waals surface area contributed by atoms with E-state index in [1.165, 1.54) is 0 Å². The number of benzene rings is 1. The van der Waals surface area contributed by atoms with Crippen LogP contribution in [-0.2, 0) is 10.2 Å². The lowest BCUT2D eigenvalue weighted by atomic mass is 9.92. The summed E-state index contributed by atoms with van der Waals surface area (Å²) in [6.45, 7) is 5.55. The smallest absolute Gasteiger partial charge is 0.237 e. The first-order valence-corrected chi connectivity index (χ1v) is 6.59. The zero-order valence-corrected chi connectivity index (χ0v) is 12.6. The monoisotopic (exact) mass is 272 g/mol. The Morgan fingerprint density at radius 3 is 2.35 bits per heavy atom. The van der Waals surface area contributed by atoms with Crippen LogP contribution in [0.1, 0.15) is 25.4 Å². The van der Waals surface area contributed by atoms with Gasteiger partial charge in [0, 0.05) is 19.7 Å². The highest BCUT2D eigenvalue weighted by Gasteiger charge is 2.36. The van der Waals surface area contributed by atoms with Crippen molar-refractivity contribution in [3.8, 4) is 11.3 Å². The molecule has 1 aromatic heterocycles. The molecule has 0 bridgehead atoms. The Kier molecular flexibility index (Phi) is 3.66. The van der Waals surface area contributed by atoms with Gasteiger partial charge in [0.15, 0.2) is 5.76 Å². The summed E-state index contributed by atoms with van der Waals surface area (Å²) < 4.78 is 5.88. The van der Waals surface area contributed by atoms with Crippen LogP contribution < -0.4 is 0 Å².